The molecular weight excluding hydrogens is 670 g/mol. The summed E-state index contributed by atoms with van der Waals surface area (Å²) in [5.41, 5.74) is 6.22. The summed E-state index contributed by atoms with van der Waals surface area (Å²) >= 11 is 7.14. The van der Waals surface area contributed by atoms with E-state index in [9.17, 15) is 9.59 Å². The minimum absolute atomic E-state index is 0.0539. The van der Waals surface area contributed by atoms with Crippen LogP contribution in [0.15, 0.2) is 54.9 Å². The lowest BCUT2D eigenvalue weighted by molar-refractivity contribution is -0.121. The van der Waals surface area contributed by atoms with Gasteiger partial charge in [-0.3, -0.25) is 19.4 Å². The Morgan fingerprint density at radius 3 is 2.00 bits per heavy atom. The van der Waals surface area contributed by atoms with Gasteiger partial charge in [-0.25, -0.2) is 15.0 Å². The smallest absolute Gasteiger partial charge is 0.220 e. The molecule has 0 atom stereocenters. The van der Waals surface area contributed by atoms with Gasteiger partial charge in [-0.15, -0.1) is 0 Å². The molecule has 0 radical (unpaired) electrons. The average molecular weight is 710 g/mol. The van der Waals surface area contributed by atoms with Crippen molar-refractivity contribution in [3.63, 3.8) is 0 Å². The van der Waals surface area contributed by atoms with Crippen molar-refractivity contribution in [1.29, 1.82) is 0 Å². The van der Waals surface area contributed by atoms with Gasteiger partial charge < -0.3 is 24.8 Å². The first-order valence-corrected chi connectivity index (χ1v) is 17.5. The van der Waals surface area contributed by atoms with Crippen LogP contribution < -0.4 is 24.8 Å². The van der Waals surface area contributed by atoms with Gasteiger partial charge in [0.2, 0.25) is 17.7 Å². The lowest BCUT2D eigenvalue weighted by atomic mass is 9.79. The number of hydrogen-bond acceptors (Lipinski definition) is 10. The Labute approximate surface area is 301 Å². The van der Waals surface area contributed by atoms with Crippen LogP contribution in [0, 0.1) is 10.8 Å². The summed E-state index contributed by atoms with van der Waals surface area (Å²) in [4.78, 5) is 42.3. The highest BCUT2D eigenvalue weighted by atomic mass is 35.5. The number of aromatic nitrogens is 3. The number of rotatable bonds is 10. The van der Waals surface area contributed by atoms with Gasteiger partial charge in [0.25, 0.3) is 0 Å². The highest BCUT2D eigenvalue weighted by Crippen LogP contribution is 2.44. The number of benzene rings is 2. The lowest BCUT2D eigenvalue weighted by Gasteiger charge is -2.47. The number of likely N-dealkylation sites (tertiary alicyclic amines) is 2. The molecular formula is C38H40ClN7O5. The lowest BCUT2D eigenvalue weighted by Crippen LogP contribution is -2.56. The topological polar surface area (TPSA) is 131 Å². The quantitative estimate of drug-likeness (QED) is 0.247. The second-order valence-electron chi connectivity index (χ2n) is 14.4. The molecule has 4 fully saturated rings. The Morgan fingerprint density at radius 1 is 0.765 bits per heavy atom. The molecule has 0 unspecified atom stereocenters. The second-order valence-corrected chi connectivity index (χ2v) is 14.7. The molecule has 2 N–H and O–H groups in total. The van der Waals surface area contributed by atoms with Crippen molar-refractivity contribution in [2.24, 2.45) is 10.8 Å². The number of methoxy groups -OCH3 is 3. The summed E-state index contributed by atoms with van der Waals surface area (Å²) in [7, 11) is 4.89. The molecule has 8 rings (SSSR count). The normalized spacial score (nSPS) is 19.1. The molecule has 4 aliphatic rings. The van der Waals surface area contributed by atoms with Gasteiger partial charge in [0.1, 0.15) is 23.5 Å². The number of halogens is 1. The first-order chi connectivity index (χ1) is 24.7. The van der Waals surface area contributed by atoms with Crippen molar-refractivity contribution in [1.82, 2.24) is 35.4 Å². The third kappa shape index (κ3) is 6.15. The maximum Gasteiger partial charge on any atom is 0.220 e. The fraction of sp³-hybridized carbons (Fsp3) is 0.395. The van der Waals surface area contributed by atoms with Crippen LogP contribution in [0.5, 0.6) is 17.4 Å². The van der Waals surface area contributed by atoms with E-state index in [0.29, 0.717) is 58.7 Å². The van der Waals surface area contributed by atoms with E-state index >= 15 is 0 Å². The number of ether oxygens (including phenoxy) is 3. The maximum absolute atomic E-state index is 11.8. The van der Waals surface area contributed by atoms with Crippen molar-refractivity contribution in [2.75, 3.05) is 60.6 Å². The van der Waals surface area contributed by atoms with Crippen molar-refractivity contribution >= 4 is 23.4 Å². The summed E-state index contributed by atoms with van der Waals surface area (Å²) in [5.74, 6) is 2.05. The molecule has 2 aromatic carbocycles. The number of nitrogens with zero attached hydrogens (tertiary/aromatic N) is 5. The van der Waals surface area contributed by atoms with E-state index in [1.807, 2.05) is 42.5 Å². The van der Waals surface area contributed by atoms with E-state index in [1.165, 1.54) is 6.33 Å². The van der Waals surface area contributed by atoms with Gasteiger partial charge in [-0.2, -0.15) is 0 Å². The average Bonchev–Trinajstić information content (AvgIpc) is 3.70. The Hall–Kier alpha value is -4.78. The summed E-state index contributed by atoms with van der Waals surface area (Å²) in [5, 5.41) is 6.41. The van der Waals surface area contributed by atoms with E-state index in [-0.39, 0.29) is 22.6 Å². The predicted octanol–water partition coefficient (Wildman–Crippen LogP) is 4.20. The number of carbonyl (C=O) groups excluding carboxylic acids is 2. The van der Waals surface area contributed by atoms with Crippen LogP contribution in [0.2, 0.25) is 5.02 Å². The van der Waals surface area contributed by atoms with E-state index in [0.717, 1.165) is 73.8 Å². The van der Waals surface area contributed by atoms with Gasteiger partial charge in [-0.05, 0) is 12.1 Å². The van der Waals surface area contributed by atoms with Crippen LogP contribution in [0.25, 0.3) is 33.8 Å². The monoisotopic (exact) mass is 709 g/mol. The van der Waals surface area contributed by atoms with Crippen molar-refractivity contribution in [3.8, 4) is 51.2 Å². The van der Waals surface area contributed by atoms with Crippen LogP contribution in [-0.2, 0) is 22.7 Å². The SMILES string of the molecule is COc1cc(-c2ncnc(-c3cccc(-c4ccc(CN5CC6(CNC(=O)C6)C5)c(OC)n4)c3Cl)c2OC)ccc1CN1CC2(CNC(=O)C2)C1. The van der Waals surface area contributed by atoms with Gasteiger partial charge in [0.15, 0.2) is 5.75 Å². The molecule has 13 heteroatoms. The first-order valence-electron chi connectivity index (χ1n) is 17.1. The number of amides is 2. The van der Waals surface area contributed by atoms with E-state index in [1.54, 1.807) is 21.3 Å². The molecule has 0 bridgehead atoms. The Bertz CT molecular complexity index is 2030. The minimum atomic E-state index is 0.0539. The Kier molecular flexibility index (Phi) is 8.56. The van der Waals surface area contributed by atoms with Gasteiger partial charge in [0, 0.05) is 104 Å². The highest BCUT2D eigenvalue weighted by Gasteiger charge is 2.49. The molecule has 4 saturated heterocycles. The molecule has 2 spiro atoms. The minimum Gasteiger partial charge on any atom is -0.496 e. The van der Waals surface area contributed by atoms with Crippen molar-refractivity contribution in [2.45, 2.75) is 25.9 Å². The maximum atomic E-state index is 11.8. The largest absolute Gasteiger partial charge is 0.496 e. The van der Waals surface area contributed by atoms with E-state index < -0.39 is 0 Å². The standard InChI is InChI=1S/C38H40ClN7O5/c1-49-29-11-23(7-8-24(29)14-45-18-37(19-45)12-30(47)40-16-37)33-35(50-2)34(43-22-42-33)27-6-4-5-26(32(27)39)28-10-9-25(36(44-28)51-3)15-46-20-38(21-46)13-31(48)41-17-38/h4-11,22H,12-21H2,1-3H3,(H,40,47)(H,41,48). The summed E-state index contributed by atoms with van der Waals surface area (Å²) < 4.78 is 17.5. The molecule has 0 saturated carbocycles. The predicted molar refractivity (Wildman–Crippen MR) is 191 cm³/mol. The first kappa shape index (κ1) is 33.4. The van der Waals surface area contributed by atoms with Gasteiger partial charge in [-0.1, -0.05) is 48.0 Å². The molecule has 6 heterocycles. The van der Waals surface area contributed by atoms with Gasteiger partial charge >= 0.3 is 0 Å². The van der Waals surface area contributed by atoms with Crippen LogP contribution in [0.3, 0.4) is 0 Å². The van der Waals surface area contributed by atoms with E-state index in [2.05, 4.69) is 36.5 Å². The summed E-state index contributed by atoms with van der Waals surface area (Å²) in [6, 6.07) is 15.8. The number of nitrogens with one attached hydrogen (secondary N) is 2. The van der Waals surface area contributed by atoms with E-state index in [4.69, 9.17) is 30.8 Å². The number of carbonyl (C=O) groups is 2. The molecule has 0 aliphatic carbocycles. The molecule has 4 aliphatic heterocycles. The third-order valence-corrected chi connectivity index (χ3v) is 11.1. The van der Waals surface area contributed by atoms with Crippen LogP contribution >= 0.6 is 11.6 Å². The third-order valence-electron chi connectivity index (χ3n) is 10.6. The van der Waals surface area contributed by atoms with Crippen molar-refractivity contribution < 1.29 is 23.8 Å². The molecule has 2 aromatic heterocycles. The molecule has 12 nitrogen and oxygen atoms in total. The Morgan fingerprint density at radius 2 is 1.39 bits per heavy atom. The number of pyridine rings is 1. The number of hydrogen-bond donors (Lipinski definition) is 2. The van der Waals surface area contributed by atoms with Crippen LogP contribution in [-0.4, -0.2) is 97.2 Å². The zero-order chi connectivity index (χ0) is 35.3. The second kappa shape index (κ2) is 13.1. The summed E-state index contributed by atoms with van der Waals surface area (Å²) in [6.07, 6.45) is 2.71. The molecule has 2 amide bonds. The van der Waals surface area contributed by atoms with Crippen molar-refractivity contribution in [3.05, 3.63) is 71.0 Å². The molecule has 264 valence electrons. The van der Waals surface area contributed by atoms with Crippen LogP contribution in [0.4, 0.5) is 0 Å². The molecule has 4 aromatic rings. The summed E-state index contributed by atoms with van der Waals surface area (Å²) in [6.45, 7) is 6.41. The zero-order valence-corrected chi connectivity index (χ0v) is 29.7. The fourth-order valence-corrected chi connectivity index (χ4v) is 8.59. The molecule has 51 heavy (non-hydrogen) atoms. The van der Waals surface area contributed by atoms with Crippen LogP contribution in [0.1, 0.15) is 24.0 Å². The zero-order valence-electron chi connectivity index (χ0n) is 28.9. The Balaban J connectivity index is 1.03. The fourth-order valence-electron chi connectivity index (χ4n) is 8.28. The van der Waals surface area contributed by atoms with Gasteiger partial charge in [0.05, 0.1) is 32.0 Å². The highest BCUT2D eigenvalue weighted by molar-refractivity contribution is 6.36.